The van der Waals surface area contributed by atoms with Crippen LogP contribution in [0.25, 0.3) is 0 Å². The number of furan rings is 1. The van der Waals surface area contributed by atoms with E-state index in [1.54, 1.807) is 18.6 Å². The summed E-state index contributed by atoms with van der Waals surface area (Å²) in [6.45, 7) is 4.78. The number of hydrogen-bond donors (Lipinski definition) is 2. The van der Waals surface area contributed by atoms with Crippen molar-refractivity contribution < 1.29 is 55.4 Å². The van der Waals surface area contributed by atoms with Gasteiger partial charge in [-0.25, -0.2) is 9.59 Å². The summed E-state index contributed by atoms with van der Waals surface area (Å²) in [6.07, 6.45) is -1.71. The molecular formula is C23H25F6N3O6. The van der Waals surface area contributed by atoms with Crippen LogP contribution in [0.5, 0.6) is 0 Å². The number of piperidine rings is 1. The SMILES string of the molecule is O=C(O)C(F)(F)F.O=C(O)C(F)(F)F.O=C(c1ccoc1)N1CCC2(CCCN(Cc3ccccn3)C2)C1. The van der Waals surface area contributed by atoms with E-state index in [0.29, 0.717) is 5.56 Å². The van der Waals surface area contributed by atoms with E-state index in [0.717, 1.165) is 44.8 Å². The number of carboxylic acid groups (broad SMARTS) is 2. The van der Waals surface area contributed by atoms with Crippen molar-refractivity contribution >= 4 is 17.8 Å². The molecule has 9 nitrogen and oxygen atoms in total. The number of aromatic nitrogens is 1. The number of likely N-dealkylation sites (tertiary alicyclic amines) is 2. The van der Waals surface area contributed by atoms with Gasteiger partial charge in [0, 0.05) is 37.8 Å². The van der Waals surface area contributed by atoms with E-state index in [9.17, 15) is 31.1 Å². The van der Waals surface area contributed by atoms with E-state index < -0.39 is 24.3 Å². The minimum Gasteiger partial charge on any atom is -0.475 e. The van der Waals surface area contributed by atoms with Gasteiger partial charge in [0.15, 0.2) is 0 Å². The number of hydrogen-bond acceptors (Lipinski definition) is 6. The zero-order chi connectivity index (χ0) is 28.6. The summed E-state index contributed by atoms with van der Waals surface area (Å²) in [5.41, 5.74) is 2.03. The van der Waals surface area contributed by atoms with E-state index in [-0.39, 0.29) is 11.3 Å². The number of nitrogens with zero attached hydrogens (tertiary/aromatic N) is 3. The van der Waals surface area contributed by atoms with Crippen molar-refractivity contribution in [1.29, 1.82) is 0 Å². The summed E-state index contributed by atoms with van der Waals surface area (Å²) in [7, 11) is 0. The molecule has 1 spiro atoms. The number of alkyl halides is 6. The van der Waals surface area contributed by atoms with Crippen LogP contribution in [0.4, 0.5) is 26.3 Å². The first-order valence-electron chi connectivity index (χ1n) is 11.2. The molecule has 2 fully saturated rings. The highest BCUT2D eigenvalue weighted by Gasteiger charge is 2.43. The van der Waals surface area contributed by atoms with Gasteiger partial charge >= 0.3 is 24.3 Å². The predicted octanol–water partition coefficient (Wildman–Crippen LogP) is 4.07. The summed E-state index contributed by atoms with van der Waals surface area (Å²) >= 11 is 0. The Labute approximate surface area is 212 Å². The Balaban J connectivity index is 0.000000301. The van der Waals surface area contributed by atoms with Gasteiger partial charge in [-0.3, -0.25) is 14.7 Å². The fraction of sp³-hybridized carbons (Fsp3) is 0.478. The number of carboxylic acids is 2. The fourth-order valence-electron chi connectivity index (χ4n) is 4.18. The molecule has 0 bridgehead atoms. The van der Waals surface area contributed by atoms with Crippen molar-refractivity contribution in [2.45, 2.75) is 38.2 Å². The molecule has 1 amide bonds. The largest absolute Gasteiger partial charge is 0.490 e. The lowest BCUT2D eigenvalue weighted by Gasteiger charge is -2.40. The third kappa shape index (κ3) is 9.36. The van der Waals surface area contributed by atoms with Crippen molar-refractivity contribution in [2.75, 3.05) is 26.2 Å². The van der Waals surface area contributed by atoms with Crippen LogP contribution in [0.15, 0.2) is 47.4 Å². The van der Waals surface area contributed by atoms with Crippen LogP contribution in [0.2, 0.25) is 0 Å². The number of carbonyl (C=O) groups excluding carboxylic acids is 1. The Morgan fingerprint density at radius 2 is 1.58 bits per heavy atom. The molecule has 0 aromatic carbocycles. The summed E-state index contributed by atoms with van der Waals surface area (Å²) < 4.78 is 68.5. The van der Waals surface area contributed by atoms with Gasteiger partial charge in [-0.1, -0.05) is 6.07 Å². The average molecular weight is 553 g/mol. The van der Waals surface area contributed by atoms with Crippen molar-refractivity contribution in [3.8, 4) is 0 Å². The van der Waals surface area contributed by atoms with Crippen LogP contribution >= 0.6 is 0 Å². The molecule has 4 heterocycles. The molecule has 15 heteroatoms. The Bertz CT molecular complexity index is 1040. The molecule has 0 saturated carbocycles. The molecule has 38 heavy (non-hydrogen) atoms. The van der Waals surface area contributed by atoms with E-state index in [1.807, 2.05) is 23.2 Å². The van der Waals surface area contributed by atoms with Gasteiger partial charge in [0.2, 0.25) is 0 Å². The van der Waals surface area contributed by atoms with Crippen molar-refractivity contribution in [3.05, 3.63) is 54.2 Å². The third-order valence-electron chi connectivity index (χ3n) is 5.83. The maximum Gasteiger partial charge on any atom is 0.490 e. The standard InChI is InChI=1S/C19H23N3O2.2C2HF3O2/c23-18(16-5-11-24-13-16)22-10-7-19(15-22)6-3-9-21(14-19)12-17-4-1-2-8-20-17;2*3-2(4,5)1(6)7/h1-2,4-5,8,11,13H,3,6-7,9-10,12,14-15H2;2*(H,6,7). The second-order valence-electron chi connectivity index (χ2n) is 8.73. The zero-order valence-corrected chi connectivity index (χ0v) is 19.8. The molecule has 4 rings (SSSR count). The Hall–Kier alpha value is -3.62. The first-order chi connectivity index (χ1) is 17.6. The molecule has 210 valence electrons. The van der Waals surface area contributed by atoms with Gasteiger partial charge in [0.1, 0.15) is 6.26 Å². The Morgan fingerprint density at radius 1 is 0.947 bits per heavy atom. The Morgan fingerprint density at radius 3 is 2.08 bits per heavy atom. The molecule has 1 unspecified atom stereocenters. The summed E-state index contributed by atoms with van der Waals surface area (Å²) in [5, 5.41) is 14.2. The van der Waals surface area contributed by atoms with Crippen molar-refractivity contribution in [3.63, 3.8) is 0 Å². The number of pyridine rings is 1. The molecule has 1 atom stereocenters. The van der Waals surface area contributed by atoms with Crippen molar-refractivity contribution in [2.24, 2.45) is 5.41 Å². The van der Waals surface area contributed by atoms with Crippen LogP contribution < -0.4 is 0 Å². The molecule has 2 saturated heterocycles. The van der Waals surface area contributed by atoms with E-state index in [1.165, 1.54) is 12.8 Å². The monoisotopic (exact) mass is 553 g/mol. The normalized spacial score (nSPS) is 19.7. The van der Waals surface area contributed by atoms with Crippen LogP contribution in [-0.2, 0) is 16.1 Å². The van der Waals surface area contributed by atoms with Crippen LogP contribution in [0.1, 0.15) is 35.3 Å². The van der Waals surface area contributed by atoms with Crippen LogP contribution in [0.3, 0.4) is 0 Å². The smallest absolute Gasteiger partial charge is 0.475 e. The fourth-order valence-corrected chi connectivity index (χ4v) is 4.18. The summed E-state index contributed by atoms with van der Waals surface area (Å²) in [5.74, 6) is -5.41. The first kappa shape index (κ1) is 30.6. The molecule has 0 aliphatic carbocycles. The van der Waals surface area contributed by atoms with E-state index in [4.69, 9.17) is 24.2 Å². The maximum atomic E-state index is 12.5. The third-order valence-corrected chi connectivity index (χ3v) is 5.83. The molecule has 2 N–H and O–H groups in total. The lowest BCUT2D eigenvalue weighted by molar-refractivity contribution is -0.193. The number of rotatable bonds is 3. The number of amides is 1. The maximum absolute atomic E-state index is 12.5. The highest BCUT2D eigenvalue weighted by molar-refractivity contribution is 5.94. The molecule has 2 aromatic heterocycles. The lowest BCUT2D eigenvalue weighted by atomic mass is 9.79. The molecule has 0 radical (unpaired) electrons. The van der Waals surface area contributed by atoms with Gasteiger partial charge in [-0.2, -0.15) is 26.3 Å². The van der Waals surface area contributed by atoms with Crippen molar-refractivity contribution in [1.82, 2.24) is 14.8 Å². The first-order valence-corrected chi connectivity index (χ1v) is 11.2. The van der Waals surface area contributed by atoms with E-state index in [2.05, 4.69) is 16.0 Å². The highest BCUT2D eigenvalue weighted by atomic mass is 19.4. The molecule has 2 aliphatic heterocycles. The highest BCUT2D eigenvalue weighted by Crippen LogP contribution is 2.39. The van der Waals surface area contributed by atoms with Gasteiger partial charge in [-0.05, 0) is 44.0 Å². The van der Waals surface area contributed by atoms with Gasteiger partial charge in [-0.15, -0.1) is 0 Å². The van der Waals surface area contributed by atoms with Gasteiger partial charge < -0.3 is 19.5 Å². The second-order valence-corrected chi connectivity index (χ2v) is 8.73. The Kier molecular flexibility index (Phi) is 10.3. The topological polar surface area (TPSA) is 124 Å². The second kappa shape index (κ2) is 12.8. The van der Waals surface area contributed by atoms with Gasteiger partial charge in [0.25, 0.3) is 5.91 Å². The minimum atomic E-state index is -5.08. The molecule has 2 aliphatic rings. The summed E-state index contributed by atoms with van der Waals surface area (Å²) in [6, 6.07) is 7.84. The molecule has 2 aromatic rings. The van der Waals surface area contributed by atoms with Crippen LogP contribution in [-0.4, -0.2) is 81.4 Å². The minimum absolute atomic E-state index is 0.0995. The van der Waals surface area contributed by atoms with E-state index >= 15 is 0 Å². The van der Waals surface area contributed by atoms with Crippen LogP contribution in [0, 0.1) is 5.41 Å². The zero-order valence-electron chi connectivity index (χ0n) is 19.8. The molecular weight excluding hydrogens is 528 g/mol. The number of carbonyl (C=O) groups is 3. The average Bonchev–Trinajstić information content (AvgIpc) is 3.50. The lowest BCUT2D eigenvalue weighted by Crippen LogP contribution is -2.45. The quantitative estimate of drug-likeness (QED) is 0.546. The summed E-state index contributed by atoms with van der Waals surface area (Å²) in [4.78, 5) is 39.3. The number of halogens is 6. The predicted molar refractivity (Wildman–Crippen MR) is 118 cm³/mol. The van der Waals surface area contributed by atoms with Gasteiger partial charge in [0.05, 0.1) is 17.5 Å². The number of aliphatic carboxylic acids is 2.